The lowest BCUT2D eigenvalue weighted by atomic mass is 9.85. The van der Waals surface area contributed by atoms with E-state index in [-0.39, 0.29) is 0 Å². The second-order valence-electron chi connectivity index (χ2n) is 4.31. The van der Waals surface area contributed by atoms with Crippen LogP contribution in [0.5, 0.6) is 0 Å². The molecule has 0 radical (unpaired) electrons. The summed E-state index contributed by atoms with van der Waals surface area (Å²) in [5.41, 5.74) is 0. The topological polar surface area (TPSA) is 41.1 Å². The molecule has 1 heterocycles. The Morgan fingerprint density at radius 1 is 1.47 bits per heavy atom. The highest BCUT2D eigenvalue weighted by Gasteiger charge is 2.16. The predicted molar refractivity (Wildman–Crippen MR) is 62.2 cm³/mol. The number of nitrogens with zero attached hydrogens (tertiary/aromatic N) is 3. The Morgan fingerprint density at radius 2 is 2.27 bits per heavy atom. The first kappa shape index (κ1) is 10.2. The van der Waals surface area contributed by atoms with Crippen molar-refractivity contribution in [2.24, 2.45) is 5.92 Å². The first-order chi connectivity index (χ1) is 7.25. The molecule has 0 spiro atoms. The Labute approximate surface area is 90.7 Å². The Bertz CT molecular complexity index is 320. The average Bonchev–Trinajstić information content (AvgIpc) is 2.16. The van der Waals surface area contributed by atoms with Crippen molar-refractivity contribution in [1.82, 2.24) is 9.97 Å². The van der Waals surface area contributed by atoms with Gasteiger partial charge in [0.15, 0.2) is 0 Å². The molecule has 0 atom stereocenters. The van der Waals surface area contributed by atoms with Gasteiger partial charge >= 0.3 is 0 Å². The molecule has 4 nitrogen and oxygen atoms in total. The van der Waals surface area contributed by atoms with Crippen molar-refractivity contribution in [2.45, 2.75) is 19.3 Å². The van der Waals surface area contributed by atoms with Crippen LogP contribution in [0.4, 0.5) is 11.8 Å². The van der Waals surface area contributed by atoms with Crippen LogP contribution in [0.2, 0.25) is 0 Å². The molecule has 1 N–H and O–H groups in total. The summed E-state index contributed by atoms with van der Waals surface area (Å²) in [4.78, 5) is 10.5. The van der Waals surface area contributed by atoms with Gasteiger partial charge in [-0.1, -0.05) is 6.42 Å². The van der Waals surface area contributed by atoms with Crippen LogP contribution in [0.3, 0.4) is 0 Å². The fourth-order valence-corrected chi connectivity index (χ4v) is 1.61. The maximum absolute atomic E-state index is 4.41. The number of anilines is 2. The van der Waals surface area contributed by atoms with Crippen molar-refractivity contribution < 1.29 is 0 Å². The van der Waals surface area contributed by atoms with Crippen molar-refractivity contribution in [1.29, 1.82) is 0 Å². The van der Waals surface area contributed by atoms with Gasteiger partial charge in [0, 0.05) is 26.8 Å². The number of aromatic nitrogens is 2. The maximum atomic E-state index is 4.41. The predicted octanol–water partition coefficient (Wildman–Crippen LogP) is 1.75. The highest BCUT2D eigenvalue weighted by molar-refractivity contribution is 5.40. The highest BCUT2D eigenvalue weighted by atomic mass is 15.2. The van der Waals surface area contributed by atoms with Crippen LogP contribution in [0.1, 0.15) is 19.3 Å². The van der Waals surface area contributed by atoms with Gasteiger partial charge in [0.1, 0.15) is 5.82 Å². The molecule has 1 aliphatic rings. The van der Waals surface area contributed by atoms with E-state index >= 15 is 0 Å². The van der Waals surface area contributed by atoms with Gasteiger partial charge < -0.3 is 10.2 Å². The molecular formula is C11H18N4. The van der Waals surface area contributed by atoms with E-state index in [9.17, 15) is 0 Å². The van der Waals surface area contributed by atoms with E-state index in [0.717, 1.165) is 24.2 Å². The van der Waals surface area contributed by atoms with Gasteiger partial charge in [0.2, 0.25) is 5.95 Å². The first-order valence-electron chi connectivity index (χ1n) is 5.50. The van der Waals surface area contributed by atoms with Crippen LogP contribution in [0.15, 0.2) is 12.3 Å². The lowest BCUT2D eigenvalue weighted by Gasteiger charge is -2.25. The van der Waals surface area contributed by atoms with Gasteiger partial charge in [0.25, 0.3) is 0 Å². The van der Waals surface area contributed by atoms with E-state index in [1.54, 1.807) is 6.20 Å². The molecule has 1 aromatic rings. The minimum Gasteiger partial charge on any atom is -0.370 e. The van der Waals surface area contributed by atoms with E-state index in [1.165, 1.54) is 19.3 Å². The largest absolute Gasteiger partial charge is 0.370 e. The number of hydrogen-bond donors (Lipinski definition) is 1. The molecule has 15 heavy (non-hydrogen) atoms. The maximum Gasteiger partial charge on any atom is 0.226 e. The third-order valence-corrected chi connectivity index (χ3v) is 2.84. The lowest BCUT2D eigenvalue weighted by molar-refractivity contribution is 0.333. The fraction of sp³-hybridized carbons (Fsp3) is 0.636. The molecule has 0 aromatic carbocycles. The van der Waals surface area contributed by atoms with E-state index in [0.29, 0.717) is 0 Å². The van der Waals surface area contributed by atoms with Crippen LogP contribution >= 0.6 is 0 Å². The van der Waals surface area contributed by atoms with Crippen molar-refractivity contribution in [3.8, 4) is 0 Å². The summed E-state index contributed by atoms with van der Waals surface area (Å²) in [6.45, 7) is 1.05. The number of nitrogens with one attached hydrogen (secondary N) is 1. The zero-order valence-electron chi connectivity index (χ0n) is 9.40. The van der Waals surface area contributed by atoms with E-state index in [2.05, 4.69) is 15.3 Å². The minimum atomic E-state index is 0.758. The van der Waals surface area contributed by atoms with Crippen LogP contribution in [-0.4, -0.2) is 30.6 Å². The Hall–Kier alpha value is -1.32. The monoisotopic (exact) mass is 206 g/mol. The summed E-state index contributed by atoms with van der Waals surface area (Å²) in [5.74, 6) is 2.54. The van der Waals surface area contributed by atoms with Gasteiger partial charge in [-0.15, -0.1) is 0 Å². The molecule has 1 saturated carbocycles. The van der Waals surface area contributed by atoms with Crippen molar-refractivity contribution >= 4 is 11.8 Å². The first-order valence-corrected chi connectivity index (χ1v) is 5.50. The zero-order valence-corrected chi connectivity index (χ0v) is 9.40. The van der Waals surface area contributed by atoms with Gasteiger partial charge in [-0.05, 0) is 24.8 Å². The lowest BCUT2D eigenvalue weighted by Crippen LogP contribution is -2.21. The fourth-order valence-electron chi connectivity index (χ4n) is 1.61. The third-order valence-electron chi connectivity index (χ3n) is 2.84. The van der Waals surface area contributed by atoms with Crippen LogP contribution in [0, 0.1) is 5.92 Å². The summed E-state index contributed by atoms with van der Waals surface area (Å²) in [6, 6.07) is 1.92. The van der Waals surface area contributed by atoms with Gasteiger partial charge in [0.05, 0.1) is 0 Å². The quantitative estimate of drug-likeness (QED) is 0.815. The molecule has 0 amide bonds. The molecule has 4 heteroatoms. The molecule has 2 rings (SSSR count). The normalized spacial score (nSPS) is 15.9. The molecule has 0 aliphatic heterocycles. The molecular weight excluding hydrogens is 188 g/mol. The molecule has 0 unspecified atom stereocenters. The van der Waals surface area contributed by atoms with Crippen LogP contribution in [-0.2, 0) is 0 Å². The smallest absolute Gasteiger partial charge is 0.226 e. The average molecular weight is 206 g/mol. The third kappa shape index (κ3) is 2.58. The molecule has 0 saturated heterocycles. The van der Waals surface area contributed by atoms with E-state index in [4.69, 9.17) is 0 Å². The Kier molecular flexibility index (Phi) is 3.04. The summed E-state index contributed by atoms with van der Waals surface area (Å²) in [6.07, 6.45) is 5.90. The second-order valence-corrected chi connectivity index (χ2v) is 4.31. The van der Waals surface area contributed by atoms with Crippen molar-refractivity contribution in [2.75, 3.05) is 30.9 Å². The number of hydrogen-bond acceptors (Lipinski definition) is 4. The minimum absolute atomic E-state index is 0.758. The Balaban J connectivity index is 1.92. The molecule has 1 aromatic heterocycles. The Morgan fingerprint density at radius 3 is 2.87 bits per heavy atom. The van der Waals surface area contributed by atoms with E-state index in [1.807, 2.05) is 25.1 Å². The number of rotatable bonds is 4. The van der Waals surface area contributed by atoms with Crippen molar-refractivity contribution in [3.63, 3.8) is 0 Å². The standard InChI is InChI=1S/C11H18N4/c1-15(2)11-12-7-6-10(14-11)13-8-9-4-3-5-9/h6-7,9H,3-5,8H2,1-2H3,(H,12,13,14). The van der Waals surface area contributed by atoms with Gasteiger partial charge in [-0.2, -0.15) is 4.98 Å². The summed E-state index contributed by atoms with van der Waals surface area (Å²) in [5, 5.41) is 3.36. The summed E-state index contributed by atoms with van der Waals surface area (Å²) >= 11 is 0. The highest BCUT2D eigenvalue weighted by Crippen LogP contribution is 2.26. The molecule has 1 fully saturated rings. The summed E-state index contributed by atoms with van der Waals surface area (Å²) in [7, 11) is 3.90. The molecule has 0 bridgehead atoms. The molecule has 1 aliphatic carbocycles. The van der Waals surface area contributed by atoms with Crippen LogP contribution in [0.25, 0.3) is 0 Å². The SMILES string of the molecule is CN(C)c1nccc(NCC2CCC2)n1. The summed E-state index contributed by atoms with van der Waals surface area (Å²) < 4.78 is 0. The molecule has 82 valence electrons. The van der Waals surface area contributed by atoms with Gasteiger partial charge in [-0.3, -0.25) is 0 Å². The van der Waals surface area contributed by atoms with E-state index < -0.39 is 0 Å². The van der Waals surface area contributed by atoms with Crippen molar-refractivity contribution in [3.05, 3.63) is 12.3 Å². The second kappa shape index (κ2) is 4.47. The van der Waals surface area contributed by atoms with Gasteiger partial charge in [-0.25, -0.2) is 4.98 Å². The zero-order chi connectivity index (χ0) is 10.7. The van der Waals surface area contributed by atoms with Crippen LogP contribution < -0.4 is 10.2 Å².